The third kappa shape index (κ3) is 19.9. The molecule has 0 aromatic heterocycles. The predicted molar refractivity (Wildman–Crippen MR) is 274 cm³/mol. The average Bonchev–Trinajstić information content (AvgIpc) is 3.86. The van der Waals surface area contributed by atoms with E-state index in [0.717, 1.165) is 21.6 Å². The summed E-state index contributed by atoms with van der Waals surface area (Å²) in [7, 11) is 2.04. The van der Waals surface area contributed by atoms with Gasteiger partial charge in [0.2, 0.25) is 65.0 Å². The van der Waals surface area contributed by atoms with Crippen molar-refractivity contribution in [2.75, 3.05) is 31.1 Å². The molecule has 2 heterocycles. The molecule has 0 spiro atoms. The van der Waals surface area contributed by atoms with Crippen LogP contribution in [0, 0.1) is 0 Å². The zero-order valence-electron chi connectivity index (χ0n) is 40.5. The van der Waals surface area contributed by atoms with Gasteiger partial charge in [0.05, 0.1) is 19.0 Å². The maximum Gasteiger partial charge on any atom is 0.246 e. The lowest BCUT2D eigenvalue weighted by molar-refractivity contribution is -0.142. The second-order valence-corrected chi connectivity index (χ2v) is 20.0. The lowest BCUT2D eigenvalue weighted by atomic mass is 10.0. The van der Waals surface area contributed by atoms with Gasteiger partial charge in [-0.3, -0.25) is 57.7 Å². The molecular weight excluding hydrogens is 1000 g/mol. The predicted octanol–water partition coefficient (Wildman–Crippen LogP) is -5.11. The van der Waals surface area contributed by atoms with E-state index in [1.807, 2.05) is 0 Å². The van der Waals surface area contributed by atoms with Gasteiger partial charge in [-0.25, -0.2) is 0 Å². The van der Waals surface area contributed by atoms with Gasteiger partial charge in [0, 0.05) is 43.9 Å². The van der Waals surface area contributed by atoms with Crippen molar-refractivity contribution < 1.29 is 52.7 Å². The summed E-state index contributed by atoms with van der Waals surface area (Å²) in [6.45, 7) is -0.416. The number of hydrogen-bond acceptors (Lipinski definition) is 15. The second kappa shape index (κ2) is 29.9. The zero-order valence-corrected chi connectivity index (χ0v) is 42.1. The Morgan fingerprint density at radius 3 is 1.78 bits per heavy atom. The van der Waals surface area contributed by atoms with Crippen LogP contribution < -0.4 is 71.6 Å². The fourth-order valence-corrected chi connectivity index (χ4v) is 10.1. The Kier molecular flexibility index (Phi) is 23.9. The van der Waals surface area contributed by atoms with E-state index in [9.17, 15) is 52.7 Å². The number of nitrogens with one attached hydrogen (secondary N) is 7. The molecule has 0 aliphatic carbocycles. The lowest BCUT2D eigenvalue weighted by Crippen LogP contribution is -2.61. The number of hydrogen-bond donors (Lipinski definition) is 13. The van der Waals surface area contributed by atoms with Crippen LogP contribution in [0.25, 0.3) is 0 Å². The Morgan fingerprint density at radius 2 is 1.22 bits per heavy atom. The highest BCUT2D eigenvalue weighted by Crippen LogP contribution is 2.26. The summed E-state index contributed by atoms with van der Waals surface area (Å²) in [6, 6.07) is 6.07. The molecule has 2 fully saturated rings. The maximum absolute atomic E-state index is 14.6. The summed E-state index contributed by atoms with van der Waals surface area (Å²) in [5.41, 5.74) is 34.6. The lowest BCUT2D eigenvalue weighted by Gasteiger charge is -2.31. The topological polar surface area (TPSA) is 444 Å². The molecule has 2 aliphatic rings. The smallest absolute Gasteiger partial charge is 0.246 e. The SMILES string of the molecule is NC(=O)CC[C@@H]1NC(=O)[C@H](Cc2ccccc2)NC(=O)[C@@H](Cc2ccccc2)NC(=O)[C@@H](N)CSSC[C@@H](C(=O)N2CCC[C@H]2C(=O)N[C@@H](CCCN=C(N)N)C(=O)NCC(N)=O)NC(=O)[C@H](CC(N)=O)NC1=O. The van der Waals surface area contributed by atoms with Gasteiger partial charge < -0.3 is 76.5 Å². The van der Waals surface area contributed by atoms with Gasteiger partial charge in [0.1, 0.15) is 42.3 Å². The molecule has 28 heteroatoms. The van der Waals surface area contributed by atoms with Gasteiger partial charge in [-0.15, -0.1) is 0 Å². The quantitative estimate of drug-likeness (QED) is 0.0271. The highest BCUT2D eigenvalue weighted by molar-refractivity contribution is 8.76. The molecule has 402 valence electrons. The van der Waals surface area contributed by atoms with Gasteiger partial charge in [-0.1, -0.05) is 82.3 Å². The van der Waals surface area contributed by atoms with Crippen LogP contribution in [0.5, 0.6) is 0 Å². The Morgan fingerprint density at radius 1 is 0.676 bits per heavy atom. The number of benzene rings is 2. The third-order valence-electron chi connectivity index (χ3n) is 11.6. The first-order chi connectivity index (χ1) is 35.2. The van der Waals surface area contributed by atoms with Crippen molar-refractivity contribution in [1.82, 2.24) is 42.1 Å². The molecule has 11 amide bonds. The fraction of sp³-hybridized carbons (Fsp3) is 0.478. The monoisotopic (exact) mass is 1070 g/mol. The minimum Gasteiger partial charge on any atom is -0.370 e. The van der Waals surface area contributed by atoms with Crippen LogP contribution >= 0.6 is 21.6 Å². The van der Waals surface area contributed by atoms with Crippen LogP contribution in [0.3, 0.4) is 0 Å². The maximum atomic E-state index is 14.6. The highest BCUT2D eigenvalue weighted by Gasteiger charge is 2.40. The molecule has 74 heavy (non-hydrogen) atoms. The number of rotatable bonds is 19. The van der Waals surface area contributed by atoms with Crippen molar-refractivity contribution in [3.8, 4) is 0 Å². The normalized spacial score (nSPS) is 22.7. The van der Waals surface area contributed by atoms with E-state index in [1.54, 1.807) is 60.7 Å². The largest absolute Gasteiger partial charge is 0.370 e. The molecule has 0 radical (unpaired) electrons. The summed E-state index contributed by atoms with van der Waals surface area (Å²) >= 11 is 0. The second-order valence-electron chi connectivity index (χ2n) is 17.4. The van der Waals surface area contributed by atoms with Crippen LogP contribution in [0.1, 0.15) is 56.1 Å². The third-order valence-corrected chi connectivity index (χ3v) is 14.0. The number of likely N-dealkylation sites (tertiary alicyclic amines) is 1. The van der Waals surface area contributed by atoms with E-state index in [4.69, 9.17) is 34.4 Å². The van der Waals surface area contributed by atoms with Crippen molar-refractivity contribution in [3.05, 3.63) is 71.8 Å². The van der Waals surface area contributed by atoms with Gasteiger partial charge in [0.25, 0.3) is 0 Å². The molecule has 2 saturated heterocycles. The van der Waals surface area contributed by atoms with Gasteiger partial charge in [0.15, 0.2) is 5.96 Å². The van der Waals surface area contributed by atoms with Crippen LogP contribution in [0.2, 0.25) is 0 Å². The molecule has 2 aromatic carbocycles. The molecular formula is C46H65N15O11S2. The summed E-state index contributed by atoms with van der Waals surface area (Å²) in [4.78, 5) is 153. The number of carbonyl (C=O) groups is 11. The Hall–Kier alpha value is -7.46. The van der Waals surface area contributed by atoms with Crippen molar-refractivity contribution in [2.24, 2.45) is 39.4 Å². The number of amides is 11. The van der Waals surface area contributed by atoms with E-state index in [1.165, 1.54) is 4.90 Å². The van der Waals surface area contributed by atoms with E-state index < -0.39 is 139 Å². The number of carbonyl (C=O) groups excluding carboxylic acids is 11. The number of aliphatic imine (C=N–C) groups is 1. The van der Waals surface area contributed by atoms with Crippen LogP contribution in [0.15, 0.2) is 65.7 Å². The first-order valence-electron chi connectivity index (χ1n) is 23.6. The Labute approximate surface area is 434 Å². The molecule has 19 N–H and O–H groups in total. The number of guanidine groups is 1. The number of nitrogens with zero attached hydrogens (tertiary/aromatic N) is 2. The van der Waals surface area contributed by atoms with Crippen LogP contribution in [0.4, 0.5) is 0 Å². The minimum absolute atomic E-state index is 0.00960. The van der Waals surface area contributed by atoms with E-state index in [2.05, 4.69) is 42.2 Å². The number of primary amides is 3. The van der Waals surface area contributed by atoms with Crippen molar-refractivity contribution in [2.45, 2.75) is 106 Å². The minimum atomic E-state index is -1.78. The van der Waals surface area contributed by atoms with E-state index in [-0.39, 0.29) is 62.7 Å². The molecule has 2 aliphatic heterocycles. The molecule has 0 unspecified atom stereocenters. The number of nitrogens with two attached hydrogens (primary N) is 6. The molecule has 2 aromatic rings. The van der Waals surface area contributed by atoms with Gasteiger partial charge >= 0.3 is 0 Å². The van der Waals surface area contributed by atoms with Crippen LogP contribution in [-0.2, 0) is 65.6 Å². The van der Waals surface area contributed by atoms with Crippen LogP contribution in [-0.4, -0.2) is 155 Å². The summed E-state index contributed by atoms with van der Waals surface area (Å²) in [5, 5.41) is 17.9. The fourth-order valence-electron chi connectivity index (χ4n) is 7.78. The Bertz CT molecular complexity index is 2360. The molecule has 26 nitrogen and oxygen atoms in total. The van der Waals surface area contributed by atoms with Crippen molar-refractivity contribution >= 4 is 92.5 Å². The average molecular weight is 1070 g/mol. The molecule has 4 rings (SSSR count). The molecule has 8 atom stereocenters. The van der Waals surface area contributed by atoms with E-state index >= 15 is 0 Å². The molecule has 0 saturated carbocycles. The van der Waals surface area contributed by atoms with Gasteiger partial charge in [-0.05, 0) is 43.2 Å². The standard InChI is InChI=1S/C46H65N15O11S2/c47-27-23-73-74-24-33(45(72)61-18-8-14-34(61)44(71)56-28(13-7-17-53-46(51)52)39(66)54-22-37(50)64)60-43(70)32(21-36(49)63)59-40(67)29(15-16-35(48)62)55-41(68)31(20-26-11-5-2-6-12-26)58-42(69)30(57-38(27)65)19-25-9-3-1-4-10-25/h1-6,9-12,27-34H,7-8,13-24,47H2,(H2,48,62)(H2,49,63)(H2,50,64)(H,54,66)(H,55,68)(H,56,71)(H,57,65)(H,58,69)(H,59,67)(H,60,70)(H4,51,52,53)/t27-,28-,29-,30+,31-,32-,33-,34-/m0/s1. The summed E-state index contributed by atoms with van der Waals surface area (Å²) in [5.74, 6) is -10.2. The summed E-state index contributed by atoms with van der Waals surface area (Å²) < 4.78 is 0. The summed E-state index contributed by atoms with van der Waals surface area (Å²) in [6.07, 6.45) is -1.14. The highest BCUT2D eigenvalue weighted by atomic mass is 33.1. The van der Waals surface area contributed by atoms with Gasteiger partial charge in [-0.2, -0.15) is 0 Å². The van der Waals surface area contributed by atoms with Crippen molar-refractivity contribution in [1.29, 1.82) is 0 Å². The Balaban J connectivity index is 1.70. The first kappa shape index (κ1) is 59.1. The first-order valence-corrected chi connectivity index (χ1v) is 26.1. The zero-order chi connectivity index (χ0) is 54.3. The van der Waals surface area contributed by atoms with Crippen molar-refractivity contribution in [3.63, 3.8) is 0 Å². The molecule has 0 bridgehead atoms. The van der Waals surface area contributed by atoms with E-state index in [0.29, 0.717) is 17.5 Å².